The van der Waals surface area contributed by atoms with Gasteiger partial charge in [0.15, 0.2) is 0 Å². The van der Waals surface area contributed by atoms with E-state index in [0.717, 1.165) is 24.0 Å². The van der Waals surface area contributed by atoms with Crippen LogP contribution >= 0.6 is 0 Å². The van der Waals surface area contributed by atoms with E-state index in [2.05, 4.69) is 5.32 Å². The Balaban J connectivity index is 2.44. The quantitative estimate of drug-likeness (QED) is 0.672. The third kappa shape index (κ3) is 5.41. The van der Waals surface area contributed by atoms with E-state index in [4.69, 9.17) is 5.11 Å². The second-order valence-electron chi connectivity index (χ2n) is 4.92. The Hall–Kier alpha value is -1.39. The summed E-state index contributed by atoms with van der Waals surface area (Å²) >= 11 is 0. The highest BCUT2D eigenvalue weighted by molar-refractivity contribution is 5.70. The van der Waals surface area contributed by atoms with Gasteiger partial charge in [-0.1, -0.05) is 38.1 Å². The monoisotopic (exact) mass is 265 g/mol. The van der Waals surface area contributed by atoms with Gasteiger partial charge >= 0.3 is 5.97 Å². The lowest BCUT2D eigenvalue weighted by Gasteiger charge is -2.25. The highest BCUT2D eigenvalue weighted by atomic mass is 16.4. The molecule has 0 unspecified atom stereocenters. The zero-order chi connectivity index (χ0) is 14.3. The molecule has 19 heavy (non-hydrogen) atoms. The summed E-state index contributed by atoms with van der Waals surface area (Å²) in [5.41, 5.74) is 1.25. The normalized spacial score (nSPS) is 11.5. The number of carbonyl (C=O) groups is 1. The zero-order valence-electron chi connectivity index (χ0n) is 11.6. The van der Waals surface area contributed by atoms with Crippen LogP contribution in [0.25, 0.3) is 0 Å². The van der Waals surface area contributed by atoms with Crippen molar-refractivity contribution in [2.75, 3.05) is 6.54 Å². The maximum absolute atomic E-state index is 10.6. The van der Waals surface area contributed by atoms with Crippen molar-refractivity contribution in [1.29, 1.82) is 0 Å². The van der Waals surface area contributed by atoms with Crippen LogP contribution in [0, 0.1) is 0 Å². The molecule has 0 saturated carbocycles. The third-order valence-corrected chi connectivity index (χ3v) is 3.48. The molecule has 4 nitrogen and oxygen atoms in total. The molecule has 0 aliphatic heterocycles. The van der Waals surface area contributed by atoms with Gasteiger partial charge in [0.25, 0.3) is 0 Å². The topological polar surface area (TPSA) is 69.6 Å². The van der Waals surface area contributed by atoms with Gasteiger partial charge in [-0.25, -0.2) is 0 Å². The van der Waals surface area contributed by atoms with Crippen molar-refractivity contribution in [1.82, 2.24) is 5.32 Å². The molecule has 106 valence electrons. The number of benzene rings is 1. The molecule has 0 fully saturated rings. The van der Waals surface area contributed by atoms with E-state index in [1.807, 2.05) is 38.1 Å². The van der Waals surface area contributed by atoms with Gasteiger partial charge in [-0.3, -0.25) is 4.79 Å². The van der Waals surface area contributed by atoms with Gasteiger partial charge in [-0.2, -0.15) is 0 Å². The highest BCUT2D eigenvalue weighted by Crippen LogP contribution is 2.13. The number of nitrogens with one attached hydrogen (secondary N) is 1. The molecule has 0 amide bonds. The number of aliphatic carboxylic acids is 1. The van der Waals surface area contributed by atoms with Crippen LogP contribution in [-0.4, -0.2) is 28.3 Å². The van der Waals surface area contributed by atoms with E-state index in [1.54, 1.807) is 0 Å². The average molecular weight is 265 g/mol. The molecule has 0 heterocycles. The first-order chi connectivity index (χ1) is 8.99. The van der Waals surface area contributed by atoms with E-state index in [9.17, 15) is 9.90 Å². The molecule has 1 aromatic rings. The number of hydrogen-bond acceptors (Lipinski definition) is 3. The maximum atomic E-state index is 10.6. The molecule has 1 rings (SSSR count). The minimum atomic E-state index is -0.818. The second-order valence-corrected chi connectivity index (χ2v) is 4.92. The molecule has 0 bridgehead atoms. The summed E-state index contributed by atoms with van der Waals surface area (Å²) in [7, 11) is 0. The Morgan fingerprint density at radius 1 is 1.16 bits per heavy atom. The van der Waals surface area contributed by atoms with Crippen molar-refractivity contribution >= 4 is 5.97 Å². The predicted octanol–water partition coefficient (Wildman–Crippen LogP) is 1.95. The van der Waals surface area contributed by atoms with Gasteiger partial charge < -0.3 is 15.5 Å². The molecule has 0 aliphatic rings. The van der Waals surface area contributed by atoms with Crippen molar-refractivity contribution < 1.29 is 15.0 Å². The fraction of sp³-hybridized carbons (Fsp3) is 0.533. The molecule has 4 heteroatoms. The Morgan fingerprint density at radius 2 is 1.68 bits per heavy atom. The fourth-order valence-corrected chi connectivity index (χ4v) is 1.89. The molecule has 0 saturated heterocycles. The first-order valence-electron chi connectivity index (χ1n) is 6.72. The third-order valence-electron chi connectivity index (χ3n) is 3.48. The van der Waals surface area contributed by atoms with Crippen molar-refractivity contribution in [3.63, 3.8) is 0 Å². The smallest absolute Gasteiger partial charge is 0.307 e. The number of hydrogen-bond donors (Lipinski definition) is 3. The lowest BCUT2D eigenvalue weighted by molar-refractivity contribution is -0.136. The van der Waals surface area contributed by atoms with Gasteiger partial charge in [0, 0.05) is 13.1 Å². The molecule has 0 spiro atoms. The minimum absolute atomic E-state index is 0.0547. The summed E-state index contributed by atoms with van der Waals surface area (Å²) in [6.07, 6.45) is 1.52. The molecule has 1 aromatic carbocycles. The molecular weight excluding hydrogens is 242 g/mol. The number of carboxylic acids is 1. The molecule has 0 aromatic heterocycles. The van der Waals surface area contributed by atoms with Crippen LogP contribution in [0.15, 0.2) is 24.3 Å². The highest BCUT2D eigenvalue weighted by Gasteiger charge is 2.20. The van der Waals surface area contributed by atoms with E-state index >= 15 is 0 Å². The maximum Gasteiger partial charge on any atom is 0.307 e. The number of aliphatic hydroxyl groups is 1. The first-order valence-corrected chi connectivity index (χ1v) is 6.72. The van der Waals surface area contributed by atoms with Crippen molar-refractivity contribution in [3.05, 3.63) is 35.4 Å². The standard InChI is InChI=1S/C15H23NO3/c1-3-15(19,4-2)11-16-10-13-7-5-12(6-8-13)9-14(17)18/h5-8,16,19H,3-4,9-11H2,1-2H3,(H,17,18). The minimum Gasteiger partial charge on any atom is -0.481 e. The first kappa shape index (κ1) is 15.7. The number of rotatable bonds is 8. The lowest BCUT2D eigenvalue weighted by atomic mass is 9.97. The van der Waals surface area contributed by atoms with Gasteiger partial charge in [0.2, 0.25) is 0 Å². The van der Waals surface area contributed by atoms with Crippen LogP contribution in [0.2, 0.25) is 0 Å². The van der Waals surface area contributed by atoms with Crippen molar-refractivity contribution in [3.8, 4) is 0 Å². The SMILES string of the molecule is CCC(O)(CC)CNCc1ccc(CC(=O)O)cc1. The Labute approximate surface area is 114 Å². The van der Waals surface area contributed by atoms with Crippen LogP contribution in [-0.2, 0) is 17.8 Å². The van der Waals surface area contributed by atoms with Gasteiger partial charge in [-0.05, 0) is 24.0 Å². The van der Waals surface area contributed by atoms with Crippen LogP contribution < -0.4 is 5.32 Å². The Morgan fingerprint density at radius 3 is 2.16 bits per heavy atom. The molecule has 3 N–H and O–H groups in total. The second kappa shape index (κ2) is 7.26. The average Bonchev–Trinajstić information content (AvgIpc) is 2.40. The largest absolute Gasteiger partial charge is 0.481 e. The summed E-state index contributed by atoms with van der Waals surface area (Å²) in [6.45, 7) is 5.20. The summed E-state index contributed by atoms with van der Waals surface area (Å²) < 4.78 is 0. The molecule has 0 radical (unpaired) electrons. The van der Waals surface area contributed by atoms with E-state index in [-0.39, 0.29) is 6.42 Å². The molecular formula is C15H23NO3. The summed E-state index contributed by atoms with van der Waals surface area (Å²) in [4.78, 5) is 10.6. The molecule has 0 atom stereocenters. The van der Waals surface area contributed by atoms with E-state index < -0.39 is 11.6 Å². The number of carboxylic acid groups (broad SMARTS) is 1. The lowest BCUT2D eigenvalue weighted by Crippen LogP contribution is -2.39. The van der Waals surface area contributed by atoms with Crippen LogP contribution in [0.1, 0.15) is 37.8 Å². The van der Waals surface area contributed by atoms with Crippen LogP contribution in [0.4, 0.5) is 0 Å². The fourth-order valence-electron chi connectivity index (χ4n) is 1.89. The van der Waals surface area contributed by atoms with Gasteiger partial charge in [0.05, 0.1) is 12.0 Å². The van der Waals surface area contributed by atoms with E-state index in [0.29, 0.717) is 13.1 Å². The van der Waals surface area contributed by atoms with Crippen LogP contribution in [0.3, 0.4) is 0 Å². The zero-order valence-corrected chi connectivity index (χ0v) is 11.6. The van der Waals surface area contributed by atoms with Crippen LogP contribution in [0.5, 0.6) is 0 Å². The predicted molar refractivity (Wildman–Crippen MR) is 75.0 cm³/mol. The summed E-state index contributed by atoms with van der Waals surface area (Å²) in [5, 5.41) is 22.0. The van der Waals surface area contributed by atoms with Crippen molar-refractivity contribution in [2.45, 2.75) is 45.3 Å². The Kier molecular flexibility index (Phi) is 5.99. The van der Waals surface area contributed by atoms with E-state index in [1.165, 1.54) is 0 Å². The van der Waals surface area contributed by atoms with Crippen molar-refractivity contribution in [2.24, 2.45) is 0 Å². The molecule has 0 aliphatic carbocycles. The summed E-state index contributed by atoms with van der Waals surface area (Å²) in [5.74, 6) is -0.818. The van der Waals surface area contributed by atoms with Gasteiger partial charge in [-0.15, -0.1) is 0 Å². The van der Waals surface area contributed by atoms with Gasteiger partial charge in [0.1, 0.15) is 0 Å². The summed E-state index contributed by atoms with van der Waals surface area (Å²) in [6, 6.07) is 7.50. The Bertz CT molecular complexity index is 396.